The first-order valence-electron chi connectivity index (χ1n) is 10.1. The largest absolute Gasteiger partial charge is 0.317 e. The first-order valence-corrected chi connectivity index (χ1v) is 11.0. The number of fused-ring (bicyclic) bond motifs is 1. The van der Waals surface area contributed by atoms with Crippen molar-refractivity contribution < 1.29 is 4.79 Å². The molecular formula is C22H22N6OS. The van der Waals surface area contributed by atoms with E-state index in [4.69, 9.17) is 4.98 Å². The van der Waals surface area contributed by atoms with Crippen LogP contribution in [0.5, 0.6) is 0 Å². The van der Waals surface area contributed by atoms with Crippen LogP contribution >= 0.6 is 11.3 Å². The Morgan fingerprint density at radius 2 is 2.10 bits per heavy atom. The van der Waals surface area contributed by atoms with Gasteiger partial charge in [0, 0.05) is 41.7 Å². The normalized spacial score (nSPS) is 15.0. The maximum Gasteiger partial charge on any atom is 0.187 e. The SMILES string of the molecule is Cn1cc(-c2ccc3cnc(CC(=O)c4csc(C5CCNCC5)n4)cc3n2)cn1. The molecule has 4 aromatic heterocycles. The summed E-state index contributed by atoms with van der Waals surface area (Å²) >= 11 is 1.60. The Morgan fingerprint density at radius 1 is 1.23 bits per heavy atom. The number of nitrogens with zero attached hydrogens (tertiary/aromatic N) is 5. The number of piperidine rings is 1. The number of carbonyl (C=O) groups excluding carboxylic acids is 1. The lowest BCUT2D eigenvalue weighted by Crippen LogP contribution is -2.26. The molecule has 0 saturated carbocycles. The van der Waals surface area contributed by atoms with Gasteiger partial charge in [-0.1, -0.05) is 0 Å². The van der Waals surface area contributed by atoms with Gasteiger partial charge < -0.3 is 5.32 Å². The maximum atomic E-state index is 12.8. The van der Waals surface area contributed by atoms with E-state index in [-0.39, 0.29) is 12.2 Å². The number of hydrogen-bond acceptors (Lipinski definition) is 7. The molecule has 1 N–H and O–H groups in total. The molecule has 0 aliphatic carbocycles. The van der Waals surface area contributed by atoms with Crippen LogP contribution in [0.3, 0.4) is 0 Å². The van der Waals surface area contributed by atoms with Gasteiger partial charge in [-0.15, -0.1) is 11.3 Å². The minimum absolute atomic E-state index is 0.00157. The van der Waals surface area contributed by atoms with Crippen molar-refractivity contribution in [2.24, 2.45) is 7.05 Å². The zero-order chi connectivity index (χ0) is 20.5. The molecule has 1 aliphatic heterocycles. The lowest BCUT2D eigenvalue weighted by Gasteiger charge is -2.20. The third-order valence-corrected chi connectivity index (χ3v) is 6.48. The second kappa shape index (κ2) is 8.04. The minimum Gasteiger partial charge on any atom is -0.317 e. The van der Waals surface area contributed by atoms with E-state index < -0.39 is 0 Å². The summed E-state index contributed by atoms with van der Waals surface area (Å²) < 4.78 is 1.75. The summed E-state index contributed by atoms with van der Waals surface area (Å²) in [5.41, 5.74) is 3.89. The fourth-order valence-electron chi connectivity index (χ4n) is 3.80. The molecule has 30 heavy (non-hydrogen) atoms. The Morgan fingerprint density at radius 3 is 2.90 bits per heavy atom. The summed E-state index contributed by atoms with van der Waals surface area (Å²) in [5, 5.41) is 11.5. The van der Waals surface area contributed by atoms with Crippen molar-refractivity contribution in [3.63, 3.8) is 0 Å². The number of aryl methyl sites for hydroxylation is 1. The summed E-state index contributed by atoms with van der Waals surface area (Å²) in [7, 11) is 1.88. The van der Waals surface area contributed by atoms with Gasteiger partial charge in [0.05, 0.1) is 34.5 Å². The molecule has 5 heterocycles. The van der Waals surface area contributed by atoms with Gasteiger partial charge in [0.1, 0.15) is 5.69 Å². The molecule has 0 atom stereocenters. The quantitative estimate of drug-likeness (QED) is 0.500. The van der Waals surface area contributed by atoms with E-state index in [0.717, 1.165) is 53.1 Å². The Labute approximate surface area is 178 Å². The predicted octanol–water partition coefficient (Wildman–Crippen LogP) is 3.38. The van der Waals surface area contributed by atoms with Crippen molar-refractivity contribution in [1.82, 2.24) is 30.0 Å². The van der Waals surface area contributed by atoms with Gasteiger partial charge in [0.15, 0.2) is 5.78 Å². The molecule has 0 aromatic carbocycles. The van der Waals surface area contributed by atoms with Crippen LogP contribution in [0.25, 0.3) is 22.2 Å². The van der Waals surface area contributed by atoms with Gasteiger partial charge in [-0.3, -0.25) is 14.5 Å². The van der Waals surface area contributed by atoms with Crippen molar-refractivity contribution in [2.75, 3.05) is 13.1 Å². The molecule has 1 fully saturated rings. The van der Waals surface area contributed by atoms with Gasteiger partial charge in [0.25, 0.3) is 0 Å². The van der Waals surface area contributed by atoms with Gasteiger partial charge in [-0.05, 0) is 44.1 Å². The van der Waals surface area contributed by atoms with E-state index in [2.05, 4.69) is 20.4 Å². The van der Waals surface area contributed by atoms with Crippen LogP contribution in [0.1, 0.15) is 39.9 Å². The van der Waals surface area contributed by atoms with Crippen molar-refractivity contribution >= 4 is 28.0 Å². The summed E-state index contributed by atoms with van der Waals surface area (Å²) in [6, 6.07) is 5.85. The van der Waals surface area contributed by atoms with E-state index in [1.165, 1.54) is 0 Å². The van der Waals surface area contributed by atoms with E-state index >= 15 is 0 Å². The highest BCUT2D eigenvalue weighted by atomic mass is 32.1. The topological polar surface area (TPSA) is 85.6 Å². The number of pyridine rings is 2. The first kappa shape index (κ1) is 19.0. The van der Waals surface area contributed by atoms with E-state index in [0.29, 0.717) is 17.3 Å². The van der Waals surface area contributed by atoms with Crippen LogP contribution in [0.2, 0.25) is 0 Å². The molecule has 152 valence electrons. The molecule has 0 bridgehead atoms. The summed E-state index contributed by atoms with van der Waals surface area (Å²) in [6.45, 7) is 2.03. The smallest absolute Gasteiger partial charge is 0.187 e. The Kier molecular flexibility index (Phi) is 5.10. The molecule has 8 heteroatoms. The lowest BCUT2D eigenvalue weighted by atomic mass is 9.99. The van der Waals surface area contributed by atoms with Crippen LogP contribution in [0.15, 0.2) is 42.2 Å². The van der Waals surface area contributed by atoms with Crippen molar-refractivity contribution in [1.29, 1.82) is 0 Å². The third kappa shape index (κ3) is 3.88. The number of hydrogen-bond donors (Lipinski definition) is 1. The van der Waals surface area contributed by atoms with Gasteiger partial charge in [-0.25, -0.2) is 9.97 Å². The predicted molar refractivity (Wildman–Crippen MR) is 117 cm³/mol. The highest BCUT2D eigenvalue weighted by molar-refractivity contribution is 7.09. The van der Waals surface area contributed by atoms with E-state index in [1.807, 2.05) is 36.8 Å². The highest BCUT2D eigenvalue weighted by Crippen LogP contribution is 2.28. The number of thiazole rings is 1. The standard InChI is InChI=1S/C22H22N6OS/c1-28-12-16(11-25-28)18-3-2-15-10-24-17(8-19(15)26-18)9-21(29)20-13-30-22(27-20)14-4-6-23-7-5-14/h2-3,8,10-14,23H,4-7,9H2,1H3. The Balaban J connectivity index is 1.35. The Bertz CT molecular complexity index is 1210. The molecule has 4 aromatic rings. The number of ketones is 1. The molecule has 5 rings (SSSR count). The number of rotatable bonds is 5. The average Bonchev–Trinajstić information content (AvgIpc) is 3.43. The molecule has 1 aliphatic rings. The second-order valence-electron chi connectivity index (χ2n) is 7.66. The van der Waals surface area contributed by atoms with Crippen LogP contribution in [0, 0.1) is 0 Å². The van der Waals surface area contributed by atoms with Crippen molar-refractivity contribution in [3.05, 3.63) is 58.6 Å². The molecule has 0 spiro atoms. The van der Waals surface area contributed by atoms with Crippen LogP contribution in [-0.2, 0) is 13.5 Å². The van der Waals surface area contributed by atoms with Gasteiger partial charge in [0.2, 0.25) is 0 Å². The van der Waals surface area contributed by atoms with E-state index in [9.17, 15) is 4.79 Å². The summed E-state index contributed by atoms with van der Waals surface area (Å²) in [6.07, 6.45) is 7.89. The monoisotopic (exact) mass is 418 g/mol. The maximum absolute atomic E-state index is 12.8. The van der Waals surface area contributed by atoms with Crippen LogP contribution in [-0.4, -0.2) is 43.6 Å². The fourth-order valence-corrected chi connectivity index (χ4v) is 4.79. The molecule has 0 amide bonds. The zero-order valence-electron chi connectivity index (χ0n) is 16.7. The van der Waals surface area contributed by atoms with Gasteiger partial charge in [-0.2, -0.15) is 5.10 Å². The molecular weight excluding hydrogens is 396 g/mol. The fraction of sp³-hybridized carbons (Fsp3) is 0.318. The van der Waals surface area contributed by atoms with Crippen LogP contribution in [0.4, 0.5) is 0 Å². The number of aromatic nitrogens is 5. The summed E-state index contributed by atoms with van der Waals surface area (Å²) in [4.78, 5) is 26.6. The zero-order valence-corrected chi connectivity index (χ0v) is 17.5. The van der Waals surface area contributed by atoms with E-state index in [1.54, 1.807) is 28.4 Å². The van der Waals surface area contributed by atoms with Crippen LogP contribution < -0.4 is 5.32 Å². The highest BCUT2D eigenvalue weighted by Gasteiger charge is 2.20. The molecule has 1 saturated heterocycles. The van der Waals surface area contributed by atoms with Crippen molar-refractivity contribution in [3.8, 4) is 11.3 Å². The van der Waals surface area contributed by atoms with Gasteiger partial charge >= 0.3 is 0 Å². The number of Topliss-reactive ketones (excluding diaryl/α,β-unsaturated/α-hetero) is 1. The third-order valence-electron chi connectivity index (χ3n) is 5.47. The molecule has 7 nitrogen and oxygen atoms in total. The lowest BCUT2D eigenvalue weighted by molar-refractivity contribution is 0.0987. The Hall–Kier alpha value is -2.97. The second-order valence-corrected chi connectivity index (χ2v) is 8.55. The first-order chi connectivity index (χ1) is 14.7. The molecule has 0 radical (unpaired) electrons. The molecule has 0 unspecified atom stereocenters. The minimum atomic E-state index is 0.00157. The number of carbonyl (C=O) groups is 1. The average molecular weight is 419 g/mol. The summed E-state index contributed by atoms with van der Waals surface area (Å²) in [5.74, 6) is 0.466. The van der Waals surface area contributed by atoms with Crippen molar-refractivity contribution in [2.45, 2.75) is 25.2 Å². The number of nitrogens with one attached hydrogen (secondary N) is 1.